The first-order valence-electron chi connectivity index (χ1n) is 10.7. The number of hydrogen-bond acceptors (Lipinski definition) is 4. The number of benzene rings is 1. The number of nitrogens with zero attached hydrogens (tertiary/aromatic N) is 3. The number of carbonyl (C=O) groups is 2. The molecule has 5 rings (SSSR count). The molecule has 1 atom stereocenters. The van der Waals surface area contributed by atoms with E-state index in [-0.39, 0.29) is 17.9 Å². The Balaban J connectivity index is 1.54. The summed E-state index contributed by atoms with van der Waals surface area (Å²) in [5.41, 5.74) is 0.705. The van der Waals surface area contributed by atoms with Crippen molar-refractivity contribution in [1.82, 2.24) is 19.8 Å². The second-order valence-electron chi connectivity index (χ2n) is 8.56. The van der Waals surface area contributed by atoms with E-state index in [0.29, 0.717) is 18.9 Å². The lowest BCUT2D eigenvalue weighted by molar-refractivity contribution is -0.134. The normalized spacial score (nSPS) is 22.3. The predicted molar refractivity (Wildman–Crippen MR) is 117 cm³/mol. The fourth-order valence-electron chi connectivity index (χ4n) is 4.72. The summed E-state index contributed by atoms with van der Waals surface area (Å²) in [6.07, 6.45) is 5.56. The lowest BCUT2D eigenvalue weighted by Gasteiger charge is -2.44. The monoisotopic (exact) mass is 422 g/mol. The van der Waals surface area contributed by atoms with Crippen LogP contribution in [0, 0.1) is 0 Å². The van der Waals surface area contributed by atoms with Gasteiger partial charge >= 0.3 is 0 Å². The zero-order valence-electron chi connectivity index (χ0n) is 17.1. The lowest BCUT2D eigenvalue weighted by Crippen LogP contribution is -2.64. The molecule has 7 heteroatoms. The van der Waals surface area contributed by atoms with Crippen LogP contribution in [0.4, 0.5) is 0 Å². The maximum atomic E-state index is 13.6. The van der Waals surface area contributed by atoms with Crippen LogP contribution >= 0.6 is 11.3 Å². The molecule has 3 aromatic rings. The summed E-state index contributed by atoms with van der Waals surface area (Å²) in [5.74, 6) is 0.158. The Morgan fingerprint density at radius 1 is 1.20 bits per heavy atom. The van der Waals surface area contributed by atoms with Gasteiger partial charge in [-0.3, -0.25) is 9.59 Å². The molecule has 0 saturated heterocycles. The first kappa shape index (κ1) is 19.3. The third-order valence-electron chi connectivity index (χ3n) is 6.48. The number of hydrogen-bond donors (Lipinski definition) is 1. The van der Waals surface area contributed by atoms with Gasteiger partial charge in [0.05, 0.1) is 24.1 Å². The third kappa shape index (κ3) is 3.21. The van der Waals surface area contributed by atoms with E-state index in [1.165, 1.54) is 6.42 Å². The van der Waals surface area contributed by atoms with Gasteiger partial charge in [-0.2, -0.15) is 0 Å². The summed E-state index contributed by atoms with van der Waals surface area (Å²) in [6, 6.07) is 11.9. The minimum atomic E-state index is -0.977. The molecule has 1 saturated carbocycles. The molecule has 0 spiro atoms. The molecule has 1 aliphatic carbocycles. The molecule has 3 heterocycles. The van der Waals surface area contributed by atoms with Crippen molar-refractivity contribution in [2.24, 2.45) is 0 Å². The molecule has 0 bridgehead atoms. The van der Waals surface area contributed by atoms with Gasteiger partial charge in [0, 0.05) is 10.9 Å². The van der Waals surface area contributed by atoms with Gasteiger partial charge in [-0.05, 0) is 43.3 Å². The van der Waals surface area contributed by atoms with Crippen LogP contribution in [0.1, 0.15) is 54.5 Å². The molecule has 1 aliphatic heterocycles. The van der Waals surface area contributed by atoms with Crippen molar-refractivity contribution in [2.75, 3.05) is 0 Å². The van der Waals surface area contributed by atoms with E-state index < -0.39 is 5.54 Å². The first-order valence-corrected chi connectivity index (χ1v) is 11.5. The van der Waals surface area contributed by atoms with Crippen LogP contribution in [-0.2, 0) is 17.9 Å². The van der Waals surface area contributed by atoms with Gasteiger partial charge in [0.15, 0.2) is 5.82 Å². The number of aromatic nitrogens is 2. The predicted octanol–water partition coefficient (Wildman–Crippen LogP) is 3.96. The highest BCUT2D eigenvalue weighted by Gasteiger charge is 2.48. The smallest absolute Gasteiger partial charge is 0.291 e. The molecule has 0 unspecified atom stereocenters. The summed E-state index contributed by atoms with van der Waals surface area (Å²) >= 11 is 1.60. The number of amides is 2. The van der Waals surface area contributed by atoms with Crippen LogP contribution in [0.5, 0.6) is 0 Å². The summed E-state index contributed by atoms with van der Waals surface area (Å²) in [5, 5.41) is 5.27. The van der Waals surface area contributed by atoms with Gasteiger partial charge in [0.1, 0.15) is 5.54 Å². The van der Waals surface area contributed by atoms with Crippen molar-refractivity contribution in [1.29, 1.82) is 0 Å². The second-order valence-corrected chi connectivity index (χ2v) is 9.60. The average Bonchev–Trinajstić information content (AvgIpc) is 3.40. The Morgan fingerprint density at radius 2 is 2.00 bits per heavy atom. The number of para-hydroxylation sites is 2. The second kappa shape index (κ2) is 7.54. The topological polar surface area (TPSA) is 67.2 Å². The molecule has 1 aromatic carbocycles. The van der Waals surface area contributed by atoms with E-state index in [2.05, 4.69) is 10.3 Å². The number of fused-ring (bicyclic) bond motifs is 3. The zero-order valence-corrected chi connectivity index (χ0v) is 18.0. The number of carbonyl (C=O) groups excluding carboxylic acids is 2. The highest BCUT2D eigenvalue weighted by atomic mass is 32.1. The molecule has 1 N–H and O–H groups in total. The standard InChI is InChI=1S/C23H26N4O2S/c1-23(22(29)24-16-8-3-2-4-9-16)15-26-19-12-6-5-11-18(19)25-20(26)21(28)27(23)14-17-10-7-13-30-17/h5-7,10-13,16H,2-4,8-9,14-15H2,1H3,(H,24,29)/t23-/m1/s1. The van der Waals surface area contributed by atoms with Gasteiger partial charge in [-0.15, -0.1) is 11.3 Å². The Kier molecular flexibility index (Phi) is 4.85. The third-order valence-corrected chi connectivity index (χ3v) is 7.34. The molecule has 1 fully saturated rings. The van der Waals surface area contributed by atoms with Crippen molar-refractivity contribution >= 4 is 34.2 Å². The molecule has 2 aliphatic rings. The number of rotatable bonds is 4. The van der Waals surface area contributed by atoms with E-state index in [1.54, 1.807) is 16.2 Å². The van der Waals surface area contributed by atoms with Crippen molar-refractivity contribution in [3.05, 3.63) is 52.5 Å². The number of thiophene rings is 1. The van der Waals surface area contributed by atoms with Gasteiger partial charge in [0.2, 0.25) is 5.91 Å². The fraction of sp³-hybridized carbons (Fsp3) is 0.435. The van der Waals surface area contributed by atoms with Crippen molar-refractivity contribution in [3.8, 4) is 0 Å². The Labute approximate surface area is 179 Å². The van der Waals surface area contributed by atoms with Gasteiger partial charge in [0.25, 0.3) is 5.91 Å². The summed E-state index contributed by atoms with van der Waals surface area (Å²) in [4.78, 5) is 34.6. The lowest BCUT2D eigenvalue weighted by atomic mass is 9.91. The SMILES string of the molecule is C[C@]1(C(=O)NC2CCCCC2)Cn2c(nc3ccccc32)C(=O)N1Cc1cccs1. The maximum absolute atomic E-state index is 13.6. The molecule has 6 nitrogen and oxygen atoms in total. The molecule has 156 valence electrons. The van der Waals surface area contributed by atoms with E-state index in [0.717, 1.165) is 41.6 Å². The minimum absolute atomic E-state index is 0.0669. The summed E-state index contributed by atoms with van der Waals surface area (Å²) < 4.78 is 1.92. The van der Waals surface area contributed by atoms with Crippen molar-refractivity contribution in [2.45, 2.75) is 63.7 Å². The molecular formula is C23H26N4O2S. The van der Waals surface area contributed by atoms with E-state index >= 15 is 0 Å². The quantitative estimate of drug-likeness (QED) is 0.692. The van der Waals surface area contributed by atoms with Crippen LogP contribution in [0.25, 0.3) is 11.0 Å². The maximum Gasteiger partial charge on any atom is 0.291 e. The molecular weight excluding hydrogens is 396 g/mol. The van der Waals surface area contributed by atoms with Crippen LogP contribution in [0.15, 0.2) is 41.8 Å². The van der Waals surface area contributed by atoms with Crippen LogP contribution in [-0.4, -0.2) is 37.8 Å². The van der Waals surface area contributed by atoms with Crippen molar-refractivity contribution < 1.29 is 9.59 Å². The Hall–Kier alpha value is -2.67. The largest absolute Gasteiger partial charge is 0.351 e. The van der Waals surface area contributed by atoms with Crippen molar-refractivity contribution in [3.63, 3.8) is 0 Å². The van der Waals surface area contributed by atoms with E-state index in [4.69, 9.17) is 0 Å². The Bertz CT molecular complexity index is 1080. The van der Waals surface area contributed by atoms with Gasteiger partial charge in [-0.25, -0.2) is 4.98 Å². The molecule has 0 radical (unpaired) electrons. The first-order chi connectivity index (χ1) is 14.6. The Morgan fingerprint density at radius 3 is 2.77 bits per heavy atom. The number of imidazole rings is 1. The van der Waals surface area contributed by atoms with Gasteiger partial charge in [-0.1, -0.05) is 37.5 Å². The van der Waals surface area contributed by atoms with Crippen LogP contribution < -0.4 is 5.32 Å². The highest BCUT2D eigenvalue weighted by molar-refractivity contribution is 7.09. The van der Waals surface area contributed by atoms with Crippen LogP contribution in [0.2, 0.25) is 0 Å². The van der Waals surface area contributed by atoms with E-state index in [1.807, 2.05) is 53.3 Å². The summed E-state index contributed by atoms with van der Waals surface area (Å²) in [6.45, 7) is 2.71. The average molecular weight is 423 g/mol. The zero-order chi connectivity index (χ0) is 20.7. The van der Waals surface area contributed by atoms with E-state index in [9.17, 15) is 9.59 Å². The van der Waals surface area contributed by atoms with Crippen LogP contribution in [0.3, 0.4) is 0 Å². The van der Waals surface area contributed by atoms with Gasteiger partial charge < -0.3 is 14.8 Å². The fourth-order valence-corrected chi connectivity index (χ4v) is 5.42. The summed E-state index contributed by atoms with van der Waals surface area (Å²) in [7, 11) is 0. The molecule has 2 amide bonds. The minimum Gasteiger partial charge on any atom is -0.351 e. The molecule has 30 heavy (non-hydrogen) atoms. The molecule has 2 aromatic heterocycles. The number of nitrogens with one attached hydrogen (secondary N) is 1. The highest BCUT2D eigenvalue weighted by Crippen LogP contribution is 2.33.